The molecule has 1 unspecified atom stereocenters. The Morgan fingerprint density at radius 2 is 2.06 bits per heavy atom. The average molecular weight is 300 g/mol. The highest BCUT2D eigenvalue weighted by molar-refractivity contribution is 9.10. The third kappa shape index (κ3) is 3.01. The fraction of sp³-hybridized carbons (Fsp3) is 0.417. The summed E-state index contributed by atoms with van der Waals surface area (Å²) in [6.45, 7) is 1.59. The number of hydrogen-bond acceptors (Lipinski definition) is 2. The number of hydrogen-bond donors (Lipinski definition) is 1. The van der Waals surface area contributed by atoms with E-state index >= 15 is 0 Å². The number of amides is 1. The minimum absolute atomic E-state index is 0.220. The van der Waals surface area contributed by atoms with E-state index in [1.807, 2.05) is 17.0 Å². The van der Waals surface area contributed by atoms with Crippen LogP contribution < -0.4 is 0 Å². The van der Waals surface area contributed by atoms with Gasteiger partial charge in [-0.2, -0.15) is 12.6 Å². The normalized spacial score (nSPS) is 20.5. The molecule has 0 aromatic heterocycles. The van der Waals surface area contributed by atoms with Crippen molar-refractivity contribution in [1.29, 1.82) is 0 Å². The Balaban J connectivity index is 1.88. The van der Waals surface area contributed by atoms with Crippen molar-refractivity contribution in [2.45, 2.75) is 18.1 Å². The SMILES string of the molecule is O=C1CC(S)CN1CCc1ccc(Br)cc1. The number of carbonyl (C=O) groups is 1. The Morgan fingerprint density at radius 3 is 2.62 bits per heavy atom. The lowest BCUT2D eigenvalue weighted by Gasteiger charge is -2.15. The van der Waals surface area contributed by atoms with Gasteiger partial charge in [-0.1, -0.05) is 28.1 Å². The van der Waals surface area contributed by atoms with E-state index in [4.69, 9.17) is 0 Å². The Bertz CT molecular complexity index is 379. The number of likely N-dealkylation sites (tertiary alicyclic amines) is 1. The Labute approximate surface area is 110 Å². The zero-order valence-corrected chi connectivity index (χ0v) is 11.4. The van der Waals surface area contributed by atoms with Gasteiger partial charge in [-0.15, -0.1) is 0 Å². The van der Waals surface area contributed by atoms with E-state index in [1.165, 1.54) is 5.56 Å². The van der Waals surface area contributed by atoms with Crippen molar-refractivity contribution in [1.82, 2.24) is 4.90 Å². The first-order valence-corrected chi connectivity index (χ1v) is 6.66. The lowest BCUT2D eigenvalue weighted by molar-refractivity contribution is -0.127. The van der Waals surface area contributed by atoms with Crippen molar-refractivity contribution in [3.63, 3.8) is 0 Å². The van der Waals surface area contributed by atoms with Crippen LogP contribution in [-0.4, -0.2) is 29.1 Å². The number of thiol groups is 1. The molecule has 1 aliphatic heterocycles. The van der Waals surface area contributed by atoms with Gasteiger partial charge < -0.3 is 4.90 Å². The molecular formula is C12H14BrNOS. The summed E-state index contributed by atoms with van der Waals surface area (Å²) in [7, 11) is 0. The van der Waals surface area contributed by atoms with E-state index in [2.05, 4.69) is 40.7 Å². The van der Waals surface area contributed by atoms with Gasteiger partial charge in [-0.05, 0) is 24.1 Å². The van der Waals surface area contributed by atoms with Crippen molar-refractivity contribution < 1.29 is 4.79 Å². The van der Waals surface area contributed by atoms with Crippen molar-refractivity contribution in [2.24, 2.45) is 0 Å². The molecule has 86 valence electrons. The largest absolute Gasteiger partial charge is 0.341 e. The molecule has 2 rings (SSSR count). The van der Waals surface area contributed by atoms with Crippen LogP contribution >= 0.6 is 28.6 Å². The van der Waals surface area contributed by atoms with Crippen LogP contribution in [0.5, 0.6) is 0 Å². The molecule has 1 fully saturated rings. The van der Waals surface area contributed by atoms with Crippen molar-refractivity contribution in [2.75, 3.05) is 13.1 Å². The van der Waals surface area contributed by atoms with E-state index in [9.17, 15) is 4.79 Å². The van der Waals surface area contributed by atoms with Crippen LogP contribution in [0, 0.1) is 0 Å². The van der Waals surface area contributed by atoms with Crippen LogP contribution in [0.3, 0.4) is 0 Å². The predicted octanol–water partition coefficient (Wildman–Crippen LogP) is 2.52. The number of benzene rings is 1. The Morgan fingerprint density at radius 1 is 1.38 bits per heavy atom. The predicted molar refractivity (Wildman–Crippen MR) is 71.8 cm³/mol. The van der Waals surface area contributed by atoms with Crippen molar-refractivity contribution >= 4 is 34.5 Å². The summed E-state index contributed by atoms with van der Waals surface area (Å²) in [5.74, 6) is 0.233. The molecule has 2 nitrogen and oxygen atoms in total. The molecule has 1 aliphatic rings. The Kier molecular flexibility index (Phi) is 3.92. The molecule has 1 heterocycles. The van der Waals surface area contributed by atoms with Gasteiger partial charge in [0.1, 0.15) is 0 Å². The van der Waals surface area contributed by atoms with Crippen LogP contribution in [0.25, 0.3) is 0 Å². The highest BCUT2D eigenvalue weighted by atomic mass is 79.9. The molecule has 16 heavy (non-hydrogen) atoms. The molecule has 1 saturated heterocycles. The quantitative estimate of drug-likeness (QED) is 0.851. The third-order valence-electron chi connectivity index (χ3n) is 2.78. The second-order valence-corrected chi connectivity index (χ2v) is 5.72. The lowest BCUT2D eigenvalue weighted by Crippen LogP contribution is -2.27. The fourth-order valence-corrected chi connectivity index (χ4v) is 2.50. The van der Waals surface area contributed by atoms with Gasteiger partial charge in [0.15, 0.2) is 0 Å². The molecule has 0 N–H and O–H groups in total. The molecule has 0 saturated carbocycles. The van der Waals surface area contributed by atoms with Gasteiger partial charge in [0, 0.05) is 29.2 Å². The average Bonchev–Trinajstić information content (AvgIpc) is 2.57. The topological polar surface area (TPSA) is 20.3 Å². The molecule has 0 aliphatic carbocycles. The molecule has 1 amide bonds. The Hall–Kier alpha value is -0.480. The van der Waals surface area contributed by atoms with Crippen LogP contribution in [-0.2, 0) is 11.2 Å². The molecule has 0 spiro atoms. The van der Waals surface area contributed by atoms with E-state index in [1.54, 1.807) is 0 Å². The van der Waals surface area contributed by atoms with Gasteiger partial charge in [0.25, 0.3) is 0 Å². The van der Waals surface area contributed by atoms with E-state index in [-0.39, 0.29) is 11.2 Å². The number of halogens is 1. The van der Waals surface area contributed by atoms with Gasteiger partial charge in [-0.25, -0.2) is 0 Å². The maximum Gasteiger partial charge on any atom is 0.223 e. The highest BCUT2D eigenvalue weighted by Crippen LogP contribution is 2.17. The molecule has 1 aromatic rings. The lowest BCUT2D eigenvalue weighted by atomic mass is 10.1. The minimum Gasteiger partial charge on any atom is -0.341 e. The summed E-state index contributed by atoms with van der Waals surface area (Å²) in [5.41, 5.74) is 1.26. The summed E-state index contributed by atoms with van der Waals surface area (Å²) in [5, 5.41) is 0.220. The fourth-order valence-electron chi connectivity index (χ4n) is 1.88. The van der Waals surface area contributed by atoms with Crippen LogP contribution in [0.1, 0.15) is 12.0 Å². The van der Waals surface area contributed by atoms with Crippen LogP contribution in [0.4, 0.5) is 0 Å². The first-order valence-electron chi connectivity index (χ1n) is 5.35. The summed E-state index contributed by atoms with van der Waals surface area (Å²) in [6, 6.07) is 8.23. The van der Waals surface area contributed by atoms with Crippen LogP contribution in [0.15, 0.2) is 28.7 Å². The van der Waals surface area contributed by atoms with E-state index in [0.29, 0.717) is 6.42 Å². The second kappa shape index (κ2) is 5.23. The highest BCUT2D eigenvalue weighted by Gasteiger charge is 2.26. The number of rotatable bonds is 3. The number of carbonyl (C=O) groups excluding carboxylic acids is 1. The molecule has 4 heteroatoms. The zero-order chi connectivity index (χ0) is 11.5. The van der Waals surface area contributed by atoms with Gasteiger partial charge in [0.05, 0.1) is 0 Å². The minimum atomic E-state index is 0.220. The first-order chi connectivity index (χ1) is 7.65. The number of nitrogens with zero attached hydrogens (tertiary/aromatic N) is 1. The van der Waals surface area contributed by atoms with E-state index < -0.39 is 0 Å². The molecule has 0 radical (unpaired) electrons. The second-order valence-electron chi connectivity index (χ2n) is 4.07. The maximum absolute atomic E-state index is 11.5. The summed E-state index contributed by atoms with van der Waals surface area (Å²) >= 11 is 7.74. The summed E-state index contributed by atoms with van der Waals surface area (Å²) in [6.07, 6.45) is 1.50. The van der Waals surface area contributed by atoms with Crippen molar-refractivity contribution in [3.8, 4) is 0 Å². The third-order valence-corrected chi connectivity index (χ3v) is 3.65. The standard InChI is InChI=1S/C12H14BrNOS/c13-10-3-1-9(2-4-10)5-6-14-8-11(16)7-12(14)15/h1-4,11,16H,5-8H2. The van der Waals surface area contributed by atoms with E-state index in [0.717, 1.165) is 24.0 Å². The zero-order valence-electron chi connectivity index (χ0n) is 8.90. The first kappa shape index (κ1) is 12.0. The smallest absolute Gasteiger partial charge is 0.223 e. The molecule has 1 aromatic carbocycles. The van der Waals surface area contributed by atoms with Gasteiger partial charge in [0.2, 0.25) is 5.91 Å². The molecular weight excluding hydrogens is 286 g/mol. The molecule has 0 bridgehead atoms. The molecule has 1 atom stereocenters. The summed E-state index contributed by atoms with van der Waals surface area (Å²) < 4.78 is 1.09. The van der Waals surface area contributed by atoms with Gasteiger partial charge >= 0.3 is 0 Å². The monoisotopic (exact) mass is 299 g/mol. The van der Waals surface area contributed by atoms with Crippen molar-refractivity contribution in [3.05, 3.63) is 34.3 Å². The summed E-state index contributed by atoms with van der Waals surface area (Å²) in [4.78, 5) is 13.4. The maximum atomic E-state index is 11.5. The van der Waals surface area contributed by atoms with Gasteiger partial charge in [-0.3, -0.25) is 4.79 Å². The van der Waals surface area contributed by atoms with Crippen LogP contribution in [0.2, 0.25) is 0 Å².